The maximum absolute atomic E-state index is 11.7. The Bertz CT molecular complexity index is 572. The number of rotatable bonds is 2. The van der Waals surface area contributed by atoms with Crippen LogP contribution in [0.25, 0.3) is 0 Å². The SMILES string of the molecule is CC(C)(C)OC(=O)N1CCC(N)(C(N)=O)CC1.ClCCl.NC(=O)C1(N)CCNCC1. The largest absolute Gasteiger partial charge is 0.444 e. The molecule has 0 spiro atoms. The molecule has 0 atom stereocenters. The fourth-order valence-electron chi connectivity index (χ4n) is 2.78. The lowest BCUT2D eigenvalue weighted by molar-refractivity contribution is -0.125. The number of nitrogens with one attached hydrogen (secondary N) is 1. The van der Waals surface area contributed by atoms with Crippen molar-refractivity contribution in [1.82, 2.24) is 10.2 Å². The highest BCUT2D eigenvalue weighted by atomic mass is 35.5. The Labute approximate surface area is 188 Å². The summed E-state index contributed by atoms with van der Waals surface area (Å²) in [5.74, 6) is -0.893. The van der Waals surface area contributed by atoms with Gasteiger partial charge < -0.3 is 37.9 Å². The lowest BCUT2D eigenvalue weighted by Gasteiger charge is -2.37. The smallest absolute Gasteiger partial charge is 0.410 e. The molecule has 0 radical (unpaired) electrons. The van der Waals surface area contributed by atoms with Crippen LogP contribution < -0.4 is 28.3 Å². The predicted molar refractivity (Wildman–Crippen MR) is 118 cm³/mol. The van der Waals surface area contributed by atoms with Crippen molar-refractivity contribution in [2.75, 3.05) is 31.5 Å². The first kappa shape index (κ1) is 28.7. The van der Waals surface area contributed by atoms with Crippen molar-refractivity contribution in [3.8, 4) is 0 Å². The fourth-order valence-corrected chi connectivity index (χ4v) is 2.78. The van der Waals surface area contributed by atoms with Crippen LogP contribution in [0, 0.1) is 0 Å². The van der Waals surface area contributed by atoms with E-state index >= 15 is 0 Å². The number of hydrogen-bond donors (Lipinski definition) is 5. The molecule has 2 rings (SSSR count). The number of carbonyl (C=O) groups is 3. The van der Waals surface area contributed by atoms with Gasteiger partial charge >= 0.3 is 6.09 Å². The van der Waals surface area contributed by atoms with Gasteiger partial charge in [0.2, 0.25) is 11.8 Å². The molecule has 0 unspecified atom stereocenters. The summed E-state index contributed by atoms with van der Waals surface area (Å²) < 4.78 is 5.24. The van der Waals surface area contributed by atoms with E-state index in [0.29, 0.717) is 38.8 Å². The molecule has 2 fully saturated rings. The fraction of sp³-hybridized carbons (Fsp3) is 0.833. The van der Waals surface area contributed by atoms with E-state index in [2.05, 4.69) is 5.32 Å². The number of ether oxygens (including phenoxy) is 1. The molecule has 30 heavy (non-hydrogen) atoms. The number of hydrogen-bond acceptors (Lipinski definition) is 7. The number of primary amides is 2. The van der Waals surface area contributed by atoms with Gasteiger partial charge in [0.15, 0.2) is 0 Å². The molecule has 10 nitrogen and oxygen atoms in total. The molecule has 2 aliphatic heterocycles. The third-order valence-corrected chi connectivity index (χ3v) is 4.78. The highest BCUT2D eigenvalue weighted by molar-refractivity contribution is 6.40. The number of nitrogens with zero attached hydrogens (tertiary/aromatic N) is 1. The maximum Gasteiger partial charge on any atom is 0.410 e. The molecule has 176 valence electrons. The number of alkyl halides is 2. The highest BCUT2D eigenvalue weighted by Crippen LogP contribution is 2.21. The Hall–Kier alpha value is -1.33. The van der Waals surface area contributed by atoms with Crippen LogP contribution in [0.3, 0.4) is 0 Å². The Kier molecular flexibility index (Phi) is 12.0. The van der Waals surface area contributed by atoms with E-state index in [1.54, 1.807) is 4.90 Å². The van der Waals surface area contributed by atoms with Crippen molar-refractivity contribution in [3.63, 3.8) is 0 Å². The maximum atomic E-state index is 11.7. The van der Waals surface area contributed by atoms with Crippen molar-refractivity contribution in [3.05, 3.63) is 0 Å². The summed E-state index contributed by atoms with van der Waals surface area (Å²) in [7, 11) is 0. The second kappa shape index (κ2) is 12.5. The van der Waals surface area contributed by atoms with Crippen LogP contribution in [0.2, 0.25) is 0 Å². The average Bonchev–Trinajstić information content (AvgIpc) is 2.62. The van der Waals surface area contributed by atoms with E-state index in [-0.39, 0.29) is 17.3 Å². The molecule has 9 N–H and O–H groups in total. The van der Waals surface area contributed by atoms with E-state index in [4.69, 9.17) is 50.9 Å². The molecule has 0 aliphatic carbocycles. The molecular weight excluding hydrogens is 435 g/mol. The first-order chi connectivity index (χ1) is 13.7. The summed E-state index contributed by atoms with van der Waals surface area (Å²) in [6.07, 6.45) is 1.69. The van der Waals surface area contributed by atoms with Gasteiger partial charge in [0.05, 0.1) is 16.4 Å². The lowest BCUT2D eigenvalue weighted by Crippen LogP contribution is -2.59. The summed E-state index contributed by atoms with van der Waals surface area (Å²) in [6, 6.07) is 0. The summed E-state index contributed by atoms with van der Waals surface area (Å²) in [6.45, 7) is 7.81. The Morgan fingerprint density at radius 2 is 1.30 bits per heavy atom. The highest BCUT2D eigenvalue weighted by Gasteiger charge is 2.38. The quantitative estimate of drug-likeness (QED) is 0.356. The van der Waals surface area contributed by atoms with Crippen LogP contribution in [-0.2, 0) is 14.3 Å². The molecule has 3 amide bonds. The van der Waals surface area contributed by atoms with E-state index in [9.17, 15) is 14.4 Å². The van der Waals surface area contributed by atoms with Gasteiger partial charge in [-0.3, -0.25) is 9.59 Å². The minimum Gasteiger partial charge on any atom is -0.444 e. The van der Waals surface area contributed by atoms with Crippen LogP contribution >= 0.6 is 23.2 Å². The van der Waals surface area contributed by atoms with Crippen molar-refractivity contribution in [2.45, 2.75) is 63.1 Å². The zero-order chi connectivity index (χ0) is 23.6. The van der Waals surface area contributed by atoms with Gasteiger partial charge in [0.1, 0.15) is 5.60 Å². The molecule has 2 aliphatic rings. The first-order valence-electron chi connectivity index (χ1n) is 9.69. The average molecular weight is 471 g/mol. The minimum absolute atomic E-state index is 0.194. The Morgan fingerprint density at radius 3 is 1.60 bits per heavy atom. The molecule has 0 aromatic rings. The van der Waals surface area contributed by atoms with Crippen molar-refractivity contribution in [2.24, 2.45) is 22.9 Å². The number of piperidine rings is 2. The minimum atomic E-state index is -0.988. The van der Waals surface area contributed by atoms with Crippen LogP contribution in [0.4, 0.5) is 4.79 Å². The first-order valence-corrected chi connectivity index (χ1v) is 10.8. The zero-order valence-electron chi connectivity index (χ0n) is 18.0. The third-order valence-electron chi connectivity index (χ3n) is 4.78. The van der Waals surface area contributed by atoms with Gasteiger partial charge in [0, 0.05) is 13.1 Å². The number of nitrogens with two attached hydrogens (primary N) is 4. The van der Waals surface area contributed by atoms with Crippen LogP contribution in [-0.4, -0.2) is 71.0 Å². The van der Waals surface area contributed by atoms with Crippen molar-refractivity contribution < 1.29 is 19.1 Å². The summed E-state index contributed by atoms with van der Waals surface area (Å²) in [4.78, 5) is 35.2. The van der Waals surface area contributed by atoms with Gasteiger partial charge in [-0.05, 0) is 59.5 Å². The molecule has 2 heterocycles. The van der Waals surface area contributed by atoms with E-state index in [1.807, 2.05) is 20.8 Å². The summed E-state index contributed by atoms with van der Waals surface area (Å²) in [5, 5.41) is 3.30. The topological polar surface area (TPSA) is 180 Å². The molecule has 2 saturated heterocycles. The number of halogens is 2. The van der Waals surface area contributed by atoms with Gasteiger partial charge in [-0.25, -0.2) is 4.79 Å². The second-order valence-electron chi connectivity index (χ2n) is 8.36. The van der Waals surface area contributed by atoms with Crippen molar-refractivity contribution in [1.29, 1.82) is 0 Å². The summed E-state index contributed by atoms with van der Waals surface area (Å²) >= 11 is 9.53. The standard InChI is InChI=1S/C11H21N3O3.C6H13N3O.CH2Cl2/c1-10(2,3)17-9(16)14-6-4-11(13,5-7-14)8(12)15;7-5(10)6(8)1-3-9-4-2-6;2-1-3/h4-7,13H2,1-3H3,(H2,12,15);9H,1-4,8H2,(H2,7,10);1H2. The van der Waals surface area contributed by atoms with Gasteiger partial charge in [0.25, 0.3) is 0 Å². The van der Waals surface area contributed by atoms with E-state index in [1.165, 1.54) is 0 Å². The van der Waals surface area contributed by atoms with Crippen LogP contribution in [0.1, 0.15) is 46.5 Å². The number of amides is 3. The zero-order valence-corrected chi connectivity index (χ0v) is 19.5. The van der Waals surface area contributed by atoms with Gasteiger partial charge in [-0.15, -0.1) is 23.2 Å². The second-order valence-corrected chi connectivity index (χ2v) is 9.17. The molecule has 0 saturated carbocycles. The van der Waals surface area contributed by atoms with Crippen molar-refractivity contribution >= 4 is 41.1 Å². The summed E-state index contributed by atoms with van der Waals surface area (Å²) in [5.41, 5.74) is 19.6. The van der Waals surface area contributed by atoms with E-state index in [0.717, 1.165) is 13.1 Å². The number of carbonyl (C=O) groups excluding carboxylic acids is 3. The van der Waals surface area contributed by atoms with Gasteiger partial charge in [-0.1, -0.05) is 0 Å². The molecule has 0 aromatic heterocycles. The van der Waals surface area contributed by atoms with Gasteiger partial charge in [-0.2, -0.15) is 0 Å². The predicted octanol–water partition coefficient (Wildman–Crippen LogP) is 0.174. The van der Waals surface area contributed by atoms with Crippen LogP contribution in [0.15, 0.2) is 0 Å². The Morgan fingerprint density at radius 1 is 0.933 bits per heavy atom. The Balaban J connectivity index is 0.000000546. The normalized spacial score (nSPS) is 19.9. The third kappa shape index (κ3) is 10.1. The lowest BCUT2D eigenvalue weighted by atomic mass is 9.88. The monoisotopic (exact) mass is 470 g/mol. The molecular formula is C18H36Cl2N6O4. The van der Waals surface area contributed by atoms with E-state index < -0.39 is 22.6 Å². The molecule has 12 heteroatoms. The van der Waals surface area contributed by atoms with Crippen LogP contribution in [0.5, 0.6) is 0 Å². The number of likely N-dealkylation sites (tertiary alicyclic amines) is 1. The molecule has 0 bridgehead atoms. The molecule has 0 aromatic carbocycles.